The third-order valence-electron chi connectivity index (χ3n) is 5.10. The molecule has 0 spiro atoms. The van der Waals surface area contributed by atoms with Gasteiger partial charge in [-0.3, -0.25) is 18.9 Å². The largest absolute Gasteiger partial charge is 0.450 e. The molecule has 0 saturated heterocycles. The molecule has 1 atom stereocenters. The summed E-state index contributed by atoms with van der Waals surface area (Å²) in [6, 6.07) is 1.89. The molecule has 0 amide bonds. The predicted octanol–water partition coefficient (Wildman–Crippen LogP) is 1.05. The highest BCUT2D eigenvalue weighted by molar-refractivity contribution is 5.72. The molecule has 1 N–H and O–H groups in total. The lowest BCUT2D eigenvalue weighted by Crippen LogP contribution is -2.47. The molecule has 0 aromatic carbocycles. The zero-order valence-electron chi connectivity index (χ0n) is 17.5. The van der Waals surface area contributed by atoms with Crippen LogP contribution in [0.4, 0.5) is 11.5 Å². The molecule has 2 aromatic rings. The number of pyridine rings is 1. The maximum absolute atomic E-state index is 13.2. The van der Waals surface area contributed by atoms with E-state index < -0.39 is 12.0 Å². The highest BCUT2D eigenvalue weighted by Crippen LogP contribution is 2.35. The summed E-state index contributed by atoms with van der Waals surface area (Å²) in [6.45, 7) is 4.73. The van der Waals surface area contributed by atoms with Crippen LogP contribution in [0, 0.1) is 6.92 Å². The molecule has 0 bridgehead atoms. The number of unbranched alkanes of at least 4 members (excludes halogenated alkanes) is 1. The van der Waals surface area contributed by atoms with E-state index in [1.165, 1.54) is 9.13 Å². The maximum Gasteiger partial charge on any atom is 0.332 e. The van der Waals surface area contributed by atoms with Crippen molar-refractivity contribution in [2.75, 3.05) is 30.0 Å². The first kappa shape index (κ1) is 20.9. The molecule has 1 unspecified atom stereocenters. The van der Waals surface area contributed by atoms with Crippen molar-refractivity contribution in [1.29, 1.82) is 0 Å². The van der Waals surface area contributed by atoms with E-state index in [2.05, 4.69) is 11.9 Å². The molecular weight excluding hydrogens is 374 g/mol. The Morgan fingerprint density at radius 2 is 1.93 bits per heavy atom. The van der Waals surface area contributed by atoms with Crippen molar-refractivity contribution >= 4 is 11.5 Å². The Hall–Kier alpha value is -2.81. The van der Waals surface area contributed by atoms with Gasteiger partial charge in [-0.05, 0) is 31.4 Å². The number of hydrogen-bond acceptors (Lipinski definition) is 7. The quantitative estimate of drug-likeness (QED) is 0.704. The van der Waals surface area contributed by atoms with Crippen LogP contribution in [0.3, 0.4) is 0 Å². The van der Waals surface area contributed by atoms with Crippen LogP contribution in [-0.4, -0.2) is 45.8 Å². The smallest absolute Gasteiger partial charge is 0.332 e. The lowest BCUT2D eigenvalue weighted by molar-refractivity contribution is 0.201. The number of aryl methyl sites for hydroxylation is 1. The number of hydrogen-bond donors (Lipinski definition) is 1. The fraction of sp³-hybridized carbons (Fsp3) is 0.550. The Bertz CT molecular complexity index is 984. The third-order valence-corrected chi connectivity index (χ3v) is 5.10. The Kier molecular flexibility index (Phi) is 6.26. The van der Waals surface area contributed by atoms with Crippen molar-refractivity contribution in [3.8, 4) is 5.75 Å². The number of aromatic nitrogens is 3. The minimum absolute atomic E-state index is 0.0851. The molecule has 29 heavy (non-hydrogen) atoms. The molecule has 3 heterocycles. The van der Waals surface area contributed by atoms with Gasteiger partial charge in [-0.15, -0.1) is 0 Å². The highest BCUT2D eigenvalue weighted by atomic mass is 16.5. The molecule has 3 rings (SSSR count). The molecule has 158 valence electrons. The van der Waals surface area contributed by atoms with Crippen LogP contribution in [-0.2, 0) is 13.6 Å². The Labute approximate surface area is 169 Å². The molecule has 0 radical (unpaired) electrons. The molecular formula is C20H29N5O4. The standard InChI is InChI=1S/C20H29N5O4/c1-5-6-8-24-16-17(22(3)19(28)25(18(16)27)9-7-10-26)23(4)20(24)29-15-11-14(2)12-21-13-15/h11-13,20,26H,5-10H2,1-4H3. The second-order valence-corrected chi connectivity index (χ2v) is 7.35. The molecule has 0 aliphatic carbocycles. The van der Waals surface area contributed by atoms with Crippen LogP contribution < -0.4 is 25.8 Å². The van der Waals surface area contributed by atoms with Gasteiger partial charge in [0.2, 0.25) is 0 Å². The van der Waals surface area contributed by atoms with Crippen LogP contribution in [0.15, 0.2) is 28.0 Å². The van der Waals surface area contributed by atoms with E-state index in [9.17, 15) is 9.59 Å². The van der Waals surface area contributed by atoms with Crippen LogP contribution >= 0.6 is 0 Å². The van der Waals surface area contributed by atoms with Gasteiger partial charge in [0.25, 0.3) is 11.9 Å². The number of aliphatic hydroxyl groups is 1. The summed E-state index contributed by atoms with van der Waals surface area (Å²) in [6.07, 6.45) is 5.00. The number of fused-ring (bicyclic) bond motifs is 1. The van der Waals surface area contributed by atoms with E-state index in [-0.39, 0.29) is 18.7 Å². The summed E-state index contributed by atoms with van der Waals surface area (Å²) in [7, 11) is 3.47. The Morgan fingerprint density at radius 3 is 2.59 bits per heavy atom. The molecule has 1 aliphatic heterocycles. The number of nitrogens with zero attached hydrogens (tertiary/aromatic N) is 5. The zero-order valence-corrected chi connectivity index (χ0v) is 17.5. The van der Waals surface area contributed by atoms with Crippen LogP contribution in [0.5, 0.6) is 5.75 Å². The van der Waals surface area contributed by atoms with Gasteiger partial charge in [-0.1, -0.05) is 13.3 Å². The van der Waals surface area contributed by atoms with Crippen molar-refractivity contribution in [3.63, 3.8) is 0 Å². The van der Waals surface area contributed by atoms with Gasteiger partial charge in [-0.2, -0.15) is 0 Å². The molecule has 0 saturated carbocycles. The minimum atomic E-state index is -0.563. The van der Waals surface area contributed by atoms with Crippen LogP contribution in [0.25, 0.3) is 0 Å². The van der Waals surface area contributed by atoms with Crippen molar-refractivity contribution < 1.29 is 9.84 Å². The fourth-order valence-electron chi connectivity index (χ4n) is 3.65. The molecule has 9 heteroatoms. The normalized spacial score (nSPS) is 15.7. The van der Waals surface area contributed by atoms with E-state index in [1.807, 2.05) is 29.8 Å². The number of aliphatic hydroxyl groups excluding tert-OH is 1. The van der Waals surface area contributed by atoms with Gasteiger partial charge in [-0.25, -0.2) is 4.79 Å². The first-order chi connectivity index (χ1) is 13.9. The highest BCUT2D eigenvalue weighted by Gasteiger charge is 2.40. The fourth-order valence-corrected chi connectivity index (χ4v) is 3.65. The maximum atomic E-state index is 13.2. The topological polar surface area (TPSA) is 92.8 Å². The summed E-state index contributed by atoms with van der Waals surface area (Å²) in [4.78, 5) is 33.9. The van der Waals surface area contributed by atoms with Crippen molar-refractivity contribution in [2.24, 2.45) is 7.05 Å². The van der Waals surface area contributed by atoms with Crippen molar-refractivity contribution in [2.45, 2.75) is 46.0 Å². The second kappa shape index (κ2) is 8.69. The number of ether oxygens (including phenoxy) is 1. The lowest BCUT2D eigenvalue weighted by Gasteiger charge is -2.30. The third kappa shape index (κ3) is 3.87. The average Bonchev–Trinajstić information content (AvgIpc) is 2.97. The van der Waals surface area contributed by atoms with Gasteiger partial charge in [0.15, 0.2) is 0 Å². The Balaban J connectivity index is 2.10. The van der Waals surface area contributed by atoms with E-state index in [0.717, 1.165) is 18.4 Å². The second-order valence-electron chi connectivity index (χ2n) is 7.35. The van der Waals surface area contributed by atoms with Gasteiger partial charge >= 0.3 is 5.69 Å². The molecule has 2 aromatic heterocycles. The number of anilines is 2. The van der Waals surface area contributed by atoms with Crippen LogP contribution in [0.1, 0.15) is 31.7 Å². The summed E-state index contributed by atoms with van der Waals surface area (Å²) < 4.78 is 8.89. The van der Waals surface area contributed by atoms with E-state index >= 15 is 0 Å². The summed E-state index contributed by atoms with van der Waals surface area (Å²) in [5, 5.41) is 9.14. The SMILES string of the molecule is CCCCN1c2c(n(C)c(=O)n(CCCO)c2=O)N(C)C1Oc1cncc(C)c1. The molecule has 9 nitrogen and oxygen atoms in total. The average molecular weight is 403 g/mol. The molecule has 1 aliphatic rings. The molecule has 0 fully saturated rings. The number of rotatable bonds is 8. The van der Waals surface area contributed by atoms with Crippen LogP contribution in [0.2, 0.25) is 0 Å². The predicted molar refractivity (Wildman–Crippen MR) is 112 cm³/mol. The van der Waals surface area contributed by atoms with Gasteiger partial charge in [0.1, 0.15) is 17.3 Å². The van der Waals surface area contributed by atoms with Gasteiger partial charge in [0, 0.05) is 40.0 Å². The first-order valence-corrected chi connectivity index (χ1v) is 9.93. The van der Waals surface area contributed by atoms with E-state index in [0.29, 0.717) is 30.2 Å². The monoisotopic (exact) mass is 403 g/mol. The van der Waals surface area contributed by atoms with Crippen molar-refractivity contribution in [1.82, 2.24) is 14.1 Å². The van der Waals surface area contributed by atoms with Gasteiger partial charge < -0.3 is 19.6 Å². The van der Waals surface area contributed by atoms with E-state index in [1.54, 1.807) is 19.4 Å². The summed E-state index contributed by atoms with van der Waals surface area (Å²) in [5.74, 6) is 1.13. The van der Waals surface area contributed by atoms with Crippen molar-refractivity contribution in [3.05, 3.63) is 44.9 Å². The van der Waals surface area contributed by atoms with E-state index in [4.69, 9.17) is 9.84 Å². The summed E-state index contributed by atoms with van der Waals surface area (Å²) >= 11 is 0. The lowest BCUT2D eigenvalue weighted by atomic mass is 10.3. The van der Waals surface area contributed by atoms with Gasteiger partial charge in [0.05, 0.1) is 6.20 Å². The Morgan fingerprint density at radius 1 is 1.17 bits per heavy atom. The zero-order chi connectivity index (χ0) is 21.1. The first-order valence-electron chi connectivity index (χ1n) is 9.93. The minimum Gasteiger partial charge on any atom is -0.450 e. The summed E-state index contributed by atoms with van der Waals surface area (Å²) in [5.41, 5.74) is 0.668.